The van der Waals surface area contributed by atoms with Gasteiger partial charge in [-0.25, -0.2) is 0 Å². The molecule has 1 aliphatic rings. The average molecular weight is 209 g/mol. The highest BCUT2D eigenvalue weighted by atomic mass is 14.6. The van der Waals surface area contributed by atoms with Gasteiger partial charge in [0.1, 0.15) is 0 Å². The van der Waals surface area contributed by atoms with Crippen LogP contribution in [-0.4, -0.2) is 4.98 Å². The van der Waals surface area contributed by atoms with E-state index < -0.39 is 0 Å². The Hall–Kier alpha value is -1.63. The molecule has 2 aromatic rings. The van der Waals surface area contributed by atoms with Crippen LogP contribution in [0.25, 0.3) is 0 Å². The molecule has 0 spiro atoms. The summed E-state index contributed by atoms with van der Waals surface area (Å²) in [4.78, 5) is 4.20. The third-order valence-electron chi connectivity index (χ3n) is 3.49. The molecular formula is C15H15N. The van der Waals surface area contributed by atoms with Crippen LogP contribution in [0.5, 0.6) is 0 Å². The Morgan fingerprint density at radius 1 is 1.06 bits per heavy atom. The van der Waals surface area contributed by atoms with Gasteiger partial charge in [0.25, 0.3) is 0 Å². The SMILES string of the molecule is Cc1ccccc1[C@H]1C[C@@H]1c1cccnc1. The van der Waals surface area contributed by atoms with E-state index in [0.29, 0.717) is 11.8 Å². The molecule has 1 saturated carbocycles. The van der Waals surface area contributed by atoms with Crippen molar-refractivity contribution in [2.24, 2.45) is 0 Å². The van der Waals surface area contributed by atoms with Gasteiger partial charge in [0.15, 0.2) is 0 Å². The first-order valence-electron chi connectivity index (χ1n) is 5.81. The summed E-state index contributed by atoms with van der Waals surface area (Å²) in [5.74, 6) is 1.40. The highest BCUT2D eigenvalue weighted by molar-refractivity contribution is 5.39. The third-order valence-corrected chi connectivity index (χ3v) is 3.49. The predicted octanol–water partition coefficient (Wildman–Crippen LogP) is 3.66. The molecule has 0 radical (unpaired) electrons. The monoisotopic (exact) mass is 209 g/mol. The molecule has 1 heteroatoms. The zero-order valence-corrected chi connectivity index (χ0v) is 9.43. The first kappa shape index (κ1) is 9.59. The Morgan fingerprint density at radius 3 is 2.69 bits per heavy atom. The molecule has 3 rings (SSSR count). The Kier molecular flexibility index (Phi) is 2.24. The van der Waals surface area contributed by atoms with Gasteiger partial charge in [-0.1, -0.05) is 30.3 Å². The molecule has 1 aliphatic carbocycles. The van der Waals surface area contributed by atoms with Crippen molar-refractivity contribution < 1.29 is 0 Å². The van der Waals surface area contributed by atoms with Gasteiger partial charge in [-0.05, 0) is 47.9 Å². The lowest BCUT2D eigenvalue weighted by molar-refractivity contribution is 1.000. The Morgan fingerprint density at radius 2 is 1.94 bits per heavy atom. The first-order chi connectivity index (χ1) is 7.86. The lowest BCUT2D eigenvalue weighted by atomic mass is 10.0. The summed E-state index contributed by atoms with van der Waals surface area (Å²) in [6.45, 7) is 2.20. The molecule has 0 unspecified atom stereocenters. The fraction of sp³-hybridized carbons (Fsp3) is 0.267. The highest BCUT2D eigenvalue weighted by Crippen LogP contribution is 2.54. The van der Waals surface area contributed by atoms with Gasteiger partial charge >= 0.3 is 0 Å². The minimum Gasteiger partial charge on any atom is -0.264 e. The van der Waals surface area contributed by atoms with Crippen molar-refractivity contribution >= 4 is 0 Å². The van der Waals surface area contributed by atoms with E-state index in [2.05, 4.69) is 42.2 Å². The number of hydrogen-bond donors (Lipinski definition) is 0. The minimum absolute atomic E-state index is 0.690. The quantitative estimate of drug-likeness (QED) is 0.735. The zero-order valence-electron chi connectivity index (χ0n) is 9.43. The average Bonchev–Trinajstić information content (AvgIpc) is 3.11. The van der Waals surface area contributed by atoms with Crippen LogP contribution in [0, 0.1) is 6.92 Å². The molecule has 1 aromatic heterocycles. The van der Waals surface area contributed by atoms with Crippen LogP contribution in [0.1, 0.15) is 34.9 Å². The first-order valence-corrected chi connectivity index (χ1v) is 5.81. The van der Waals surface area contributed by atoms with E-state index in [-0.39, 0.29) is 0 Å². The molecule has 80 valence electrons. The Balaban J connectivity index is 1.85. The summed E-state index contributed by atoms with van der Waals surface area (Å²) in [5.41, 5.74) is 4.31. The van der Waals surface area contributed by atoms with Crippen molar-refractivity contribution in [2.45, 2.75) is 25.2 Å². The van der Waals surface area contributed by atoms with Crippen molar-refractivity contribution in [1.82, 2.24) is 4.98 Å². The van der Waals surface area contributed by atoms with Crippen molar-refractivity contribution in [3.8, 4) is 0 Å². The lowest BCUT2D eigenvalue weighted by Gasteiger charge is -2.04. The number of pyridine rings is 1. The van der Waals surface area contributed by atoms with Crippen LogP contribution in [0.15, 0.2) is 48.8 Å². The largest absolute Gasteiger partial charge is 0.264 e. The molecule has 0 saturated heterocycles. The normalized spacial score (nSPS) is 23.1. The summed E-state index contributed by atoms with van der Waals surface area (Å²) in [6, 6.07) is 12.9. The molecule has 1 nitrogen and oxygen atoms in total. The molecule has 0 N–H and O–H groups in total. The zero-order chi connectivity index (χ0) is 11.0. The standard InChI is InChI=1S/C15H15N/c1-11-5-2-3-7-13(11)15-9-14(15)12-6-4-8-16-10-12/h2-8,10,14-15H,9H2,1H3/t14-,15-/m1/s1. The van der Waals surface area contributed by atoms with Crippen LogP contribution in [0.2, 0.25) is 0 Å². The van der Waals surface area contributed by atoms with E-state index >= 15 is 0 Å². The van der Waals surface area contributed by atoms with Crippen molar-refractivity contribution in [2.75, 3.05) is 0 Å². The molecule has 0 amide bonds. The second-order valence-corrected chi connectivity index (χ2v) is 4.59. The van der Waals surface area contributed by atoms with Gasteiger partial charge in [-0.2, -0.15) is 0 Å². The summed E-state index contributed by atoms with van der Waals surface area (Å²) in [5, 5.41) is 0. The topological polar surface area (TPSA) is 12.9 Å². The molecule has 0 aliphatic heterocycles. The number of aryl methyl sites for hydroxylation is 1. The number of hydrogen-bond acceptors (Lipinski definition) is 1. The van der Waals surface area contributed by atoms with Crippen LogP contribution in [0.4, 0.5) is 0 Å². The van der Waals surface area contributed by atoms with E-state index in [1.54, 1.807) is 0 Å². The van der Waals surface area contributed by atoms with Crippen molar-refractivity contribution in [3.63, 3.8) is 0 Å². The van der Waals surface area contributed by atoms with E-state index in [0.717, 1.165) is 0 Å². The molecule has 1 fully saturated rings. The lowest BCUT2D eigenvalue weighted by Crippen LogP contribution is -1.88. The van der Waals surface area contributed by atoms with Gasteiger partial charge < -0.3 is 0 Å². The fourth-order valence-electron chi connectivity index (χ4n) is 2.51. The maximum Gasteiger partial charge on any atom is 0.0302 e. The van der Waals surface area contributed by atoms with Crippen LogP contribution < -0.4 is 0 Å². The smallest absolute Gasteiger partial charge is 0.0302 e. The molecule has 1 aromatic carbocycles. The van der Waals surface area contributed by atoms with Crippen LogP contribution in [0.3, 0.4) is 0 Å². The summed E-state index contributed by atoms with van der Waals surface area (Å²) < 4.78 is 0. The molecule has 1 heterocycles. The van der Waals surface area contributed by atoms with Gasteiger partial charge in [0.05, 0.1) is 0 Å². The molecule has 16 heavy (non-hydrogen) atoms. The Labute approximate surface area is 96.2 Å². The second kappa shape index (κ2) is 3.75. The Bertz CT molecular complexity index is 490. The number of rotatable bonds is 2. The third kappa shape index (κ3) is 1.63. The number of nitrogens with zero attached hydrogens (tertiary/aromatic N) is 1. The molecule has 0 bridgehead atoms. The van der Waals surface area contributed by atoms with E-state index in [9.17, 15) is 0 Å². The van der Waals surface area contributed by atoms with Crippen LogP contribution >= 0.6 is 0 Å². The van der Waals surface area contributed by atoms with E-state index in [4.69, 9.17) is 0 Å². The summed E-state index contributed by atoms with van der Waals surface area (Å²) >= 11 is 0. The van der Waals surface area contributed by atoms with Gasteiger partial charge in [-0.3, -0.25) is 4.98 Å². The highest BCUT2D eigenvalue weighted by Gasteiger charge is 2.40. The maximum atomic E-state index is 4.20. The summed E-state index contributed by atoms with van der Waals surface area (Å²) in [6.07, 6.45) is 5.12. The summed E-state index contributed by atoms with van der Waals surface area (Å²) in [7, 11) is 0. The van der Waals surface area contributed by atoms with Crippen LogP contribution in [-0.2, 0) is 0 Å². The fourth-order valence-corrected chi connectivity index (χ4v) is 2.51. The van der Waals surface area contributed by atoms with Gasteiger partial charge in [0, 0.05) is 12.4 Å². The van der Waals surface area contributed by atoms with Gasteiger partial charge in [0.2, 0.25) is 0 Å². The molecule has 2 atom stereocenters. The van der Waals surface area contributed by atoms with Crippen molar-refractivity contribution in [1.29, 1.82) is 0 Å². The maximum absolute atomic E-state index is 4.20. The minimum atomic E-state index is 0.690. The van der Waals surface area contributed by atoms with Crippen molar-refractivity contribution in [3.05, 3.63) is 65.5 Å². The number of benzene rings is 1. The molecular weight excluding hydrogens is 194 g/mol. The van der Waals surface area contributed by atoms with Gasteiger partial charge in [-0.15, -0.1) is 0 Å². The second-order valence-electron chi connectivity index (χ2n) is 4.59. The number of aromatic nitrogens is 1. The van der Waals surface area contributed by atoms with E-state index in [1.165, 1.54) is 23.1 Å². The predicted molar refractivity (Wildman–Crippen MR) is 65.5 cm³/mol. The van der Waals surface area contributed by atoms with E-state index in [1.807, 2.05) is 18.5 Å².